The van der Waals surface area contributed by atoms with E-state index in [4.69, 9.17) is 4.84 Å². The number of hydrogen-bond acceptors (Lipinski definition) is 3. The van der Waals surface area contributed by atoms with Crippen LogP contribution in [-0.4, -0.2) is 9.55 Å². The fourth-order valence-corrected chi connectivity index (χ4v) is 3.03. The predicted molar refractivity (Wildman–Crippen MR) is 89.8 cm³/mol. The SMILES string of the molecule is Cc1ccc(C2CC(n3ccnc3)ON2c2ccccc2)cc1. The van der Waals surface area contributed by atoms with Crippen LogP contribution in [0.3, 0.4) is 0 Å². The van der Waals surface area contributed by atoms with Crippen molar-refractivity contribution in [2.24, 2.45) is 0 Å². The van der Waals surface area contributed by atoms with Crippen molar-refractivity contribution >= 4 is 5.69 Å². The van der Waals surface area contributed by atoms with E-state index in [9.17, 15) is 0 Å². The van der Waals surface area contributed by atoms with Crippen LogP contribution in [0.25, 0.3) is 0 Å². The van der Waals surface area contributed by atoms with Gasteiger partial charge in [-0.25, -0.2) is 14.9 Å². The van der Waals surface area contributed by atoms with Crippen molar-refractivity contribution in [2.75, 3.05) is 5.06 Å². The maximum Gasteiger partial charge on any atom is 0.164 e. The molecule has 1 fully saturated rings. The van der Waals surface area contributed by atoms with Crippen LogP contribution >= 0.6 is 0 Å². The number of nitrogens with zero attached hydrogens (tertiary/aromatic N) is 3. The maximum absolute atomic E-state index is 6.25. The first-order valence-corrected chi connectivity index (χ1v) is 7.86. The minimum absolute atomic E-state index is 0.0380. The molecule has 0 N–H and O–H groups in total. The Morgan fingerprint density at radius 3 is 2.52 bits per heavy atom. The van der Waals surface area contributed by atoms with Crippen LogP contribution in [0, 0.1) is 6.92 Å². The highest BCUT2D eigenvalue weighted by Crippen LogP contribution is 2.41. The molecule has 2 aromatic carbocycles. The van der Waals surface area contributed by atoms with Crippen LogP contribution in [0.5, 0.6) is 0 Å². The van der Waals surface area contributed by atoms with Gasteiger partial charge in [0.2, 0.25) is 0 Å². The van der Waals surface area contributed by atoms with Gasteiger partial charge in [0.15, 0.2) is 6.23 Å². The van der Waals surface area contributed by atoms with Crippen LogP contribution in [0.1, 0.15) is 29.8 Å². The van der Waals surface area contributed by atoms with Crippen LogP contribution < -0.4 is 5.06 Å². The van der Waals surface area contributed by atoms with E-state index in [1.165, 1.54) is 11.1 Å². The van der Waals surface area contributed by atoms with E-state index in [2.05, 4.69) is 48.3 Å². The van der Waals surface area contributed by atoms with Crippen molar-refractivity contribution in [3.8, 4) is 0 Å². The summed E-state index contributed by atoms with van der Waals surface area (Å²) < 4.78 is 2.02. The molecule has 1 aliphatic heterocycles. The summed E-state index contributed by atoms with van der Waals surface area (Å²) in [6, 6.07) is 19.1. The number of aryl methyl sites for hydroxylation is 1. The van der Waals surface area contributed by atoms with Crippen molar-refractivity contribution < 1.29 is 4.84 Å². The highest BCUT2D eigenvalue weighted by Gasteiger charge is 2.35. The van der Waals surface area contributed by atoms with E-state index in [0.29, 0.717) is 0 Å². The summed E-state index contributed by atoms with van der Waals surface area (Å²) in [5.41, 5.74) is 3.60. The third-order valence-electron chi connectivity index (χ3n) is 4.27. The van der Waals surface area contributed by atoms with E-state index in [1.54, 1.807) is 6.20 Å². The molecule has 0 aliphatic carbocycles. The molecule has 1 saturated heterocycles. The molecule has 1 aliphatic rings. The van der Waals surface area contributed by atoms with Gasteiger partial charge in [-0.05, 0) is 24.6 Å². The highest BCUT2D eigenvalue weighted by molar-refractivity contribution is 5.47. The summed E-state index contributed by atoms with van der Waals surface area (Å²) in [7, 11) is 0. The van der Waals surface area contributed by atoms with Gasteiger partial charge in [-0.2, -0.15) is 0 Å². The number of hydrogen-bond donors (Lipinski definition) is 0. The Hall–Kier alpha value is -2.59. The molecule has 2 heterocycles. The van der Waals surface area contributed by atoms with Gasteiger partial charge in [0.25, 0.3) is 0 Å². The van der Waals surface area contributed by atoms with Crippen molar-refractivity contribution in [3.63, 3.8) is 0 Å². The molecule has 0 saturated carbocycles. The zero-order valence-corrected chi connectivity index (χ0v) is 13.0. The molecule has 0 spiro atoms. The van der Waals surface area contributed by atoms with Crippen molar-refractivity contribution in [3.05, 3.63) is 84.4 Å². The van der Waals surface area contributed by atoms with Gasteiger partial charge in [0.1, 0.15) is 0 Å². The van der Waals surface area contributed by atoms with E-state index in [0.717, 1.165) is 12.1 Å². The predicted octanol–water partition coefficient (Wildman–Crippen LogP) is 4.27. The van der Waals surface area contributed by atoms with E-state index in [1.807, 2.05) is 40.4 Å². The Bertz CT molecular complexity index is 753. The van der Waals surface area contributed by atoms with Crippen molar-refractivity contribution in [1.29, 1.82) is 0 Å². The van der Waals surface area contributed by atoms with Crippen molar-refractivity contribution in [2.45, 2.75) is 25.6 Å². The molecule has 4 rings (SSSR count). The average Bonchev–Trinajstić information content (AvgIpc) is 3.26. The topological polar surface area (TPSA) is 30.3 Å². The molecule has 116 valence electrons. The third-order valence-corrected chi connectivity index (χ3v) is 4.27. The van der Waals surface area contributed by atoms with Gasteiger partial charge in [-0.3, -0.25) is 0 Å². The second-order valence-electron chi connectivity index (χ2n) is 5.89. The first kappa shape index (κ1) is 14.0. The third kappa shape index (κ3) is 2.73. The minimum Gasteiger partial charge on any atom is -0.309 e. The number of para-hydroxylation sites is 1. The van der Waals surface area contributed by atoms with Gasteiger partial charge >= 0.3 is 0 Å². The molecular weight excluding hydrogens is 286 g/mol. The molecule has 1 aromatic heterocycles. The molecule has 2 atom stereocenters. The summed E-state index contributed by atoms with van der Waals surface area (Å²) in [6.45, 7) is 2.11. The van der Waals surface area contributed by atoms with Gasteiger partial charge < -0.3 is 4.57 Å². The summed E-state index contributed by atoms with van der Waals surface area (Å²) in [5.74, 6) is 0. The lowest BCUT2D eigenvalue weighted by Gasteiger charge is -2.25. The monoisotopic (exact) mass is 305 g/mol. The van der Waals surface area contributed by atoms with Gasteiger partial charge in [-0.15, -0.1) is 0 Å². The first-order chi connectivity index (χ1) is 11.3. The van der Waals surface area contributed by atoms with Gasteiger partial charge in [-0.1, -0.05) is 48.0 Å². The number of rotatable bonds is 3. The molecular formula is C19H19N3O. The van der Waals surface area contributed by atoms with Crippen LogP contribution in [0.2, 0.25) is 0 Å². The largest absolute Gasteiger partial charge is 0.309 e. The van der Waals surface area contributed by atoms with Crippen LogP contribution in [-0.2, 0) is 4.84 Å². The first-order valence-electron chi connectivity index (χ1n) is 7.86. The summed E-state index contributed by atoms with van der Waals surface area (Å²) in [4.78, 5) is 10.4. The molecule has 0 bridgehead atoms. The van der Waals surface area contributed by atoms with Crippen LogP contribution in [0.4, 0.5) is 5.69 Å². The average molecular weight is 305 g/mol. The van der Waals surface area contributed by atoms with Crippen LogP contribution in [0.15, 0.2) is 73.3 Å². The lowest BCUT2D eigenvalue weighted by molar-refractivity contribution is 0.0346. The second kappa shape index (κ2) is 5.89. The zero-order valence-electron chi connectivity index (χ0n) is 13.0. The molecule has 0 radical (unpaired) electrons. The number of imidazole rings is 1. The Morgan fingerprint density at radius 2 is 1.83 bits per heavy atom. The quantitative estimate of drug-likeness (QED) is 0.724. The van der Waals surface area contributed by atoms with E-state index >= 15 is 0 Å². The Morgan fingerprint density at radius 1 is 1.04 bits per heavy atom. The zero-order chi connectivity index (χ0) is 15.6. The Labute approximate surface area is 135 Å². The Kier molecular flexibility index (Phi) is 3.60. The molecule has 4 heteroatoms. The van der Waals surface area contributed by atoms with Crippen molar-refractivity contribution in [1.82, 2.24) is 9.55 Å². The Balaban J connectivity index is 1.69. The lowest BCUT2D eigenvalue weighted by Crippen LogP contribution is -2.21. The molecule has 23 heavy (non-hydrogen) atoms. The number of aromatic nitrogens is 2. The fourth-order valence-electron chi connectivity index (χ4n) is 3.03. The maximum atomic E-state index is 6.25. The molecule has 4 nitrogen and oxygen atoms in total. The fraction of sp³-hybridized carbons (Fsp3) is 0.211. The summed E-state index contributed by atoms with van der Waals surface area (Å²) in [5, 5.41) is 2.02. The number of benzene rings is 2. The standard InChI is InChI=1S/C19H19N3O/c1-15-7-9-16(10-8-15)18-13-19(21-12-11-20-14-21)23-22(18)17-5-3-2-4-6-17/h2-12,14,18-19H,13H2,1H3. The highest BCUT2D eigenvalue weighted by atomic mass is 16.7. The summed E-state index contributed by atoms with van der Waals surface area (Å²) in [6.07, 6.45) is 6.39. The minimum atomic E-state index is -0.0380. The number of hydroxylamine groups is 1. The van der Waals surface area contributed by atoms with Gasteiger partial charge in [0.05, 0.1) is 18.1 Å². The number of anilines is 1. The second-order valence-corrected chi connectivity index (χ2v) is 5.89. The van der Waals surface area contributed by atoms with Gasteiger partial charge in [0, 0.05) is 18.8 Å². The lowest BCUT2D eigenvalue weighted by atomic mass is 10.0. The van der Waals surface area contributed by atoms with E-state index in [-0.39, 0.29) is 12.3 Å². The molecule has 2 unspecified atom stereocenters. The van der Waals surface area contributed by atoms with E-state index < -0.39 is 0 Å². The molecule has 3 aromatic rings. The molecule has 0 amide bonds. The smallest absolute Gasteiger partial charge is 0.164 e. The summed E-state index contributed by atoms with van der Waals surface area (Å²) >= 11 is 0. The normalized spacial score (nSPS) is 20.8.